The van der Waals surface area contributed by atoms with Crippen molar-refractivity contribution < 1.29 is 4.52 Å². The van der Waals surface area contributed by atoms with E-state index in [2.05, 4.69) is 32.9 Å². The Hall–Kier alpha value is -0.440. The Morgan fingerprint density at radius 3 is 2.62 bits per heavy atom. The van der Waals surface area contributed by atoms with E-state index in [0.717, 1.165) is 16.5 Å². The third-order valence-electron chi connectivity index (χ3n) is 1.68. The lowest BCUT2D eigenvalue weighted by atomic mass is 9.94. The fraction of sp³-hybridized carbons (Fsp3) is 0.700. The third kappa shape index (κ3) is 3.07. The van der Waals surface area contributed by atoms with Crippen molar-refractivity contribution >= 4 is 11.8 Å². The smallest absolute Gasteiger partial charge is 0.143 e. The second-order valence-electron chi connectivity index (χ2n) is 4.13. The minimum Gasteiger partial charge on any atom is -0.360 e. The Kier molecular flexibility index (Phi) is 3.42. The van der Waals surface area contributed by atoms with Gasteiger partial charge in [-0.25, -0.2) is 0 Å². The Balaban J connectivity index is 2.64. The lowest BCUT2D eigenvalue weighted by Gasteiger charge is -2.11. The molecule has 0 aromatic carbocycles. The molecule has 0 N–H and O–H groups in total. The molecule has 0 aliphatic rings. The Morgan fingerprint density at radius 2 is 2.15 bits per heavy atom. The molecule has 74 valence electrons. The first kappa shape index (κ1) is 10.6. The van der Waals surface area contributed by atoms with Crippen molar-refractivity contribution in [3.63, 3.8) is 0 Å². The standard InChI is InChI=1S/C10H17NOS/c1-5-6-13-9-7-8(12-11-9)10(2,3)4/h7H,5-6H2,1-4H3. The molecular formula is C10H17NOS. The first-order chi connectivity index (χ1) is 6.04. The van der Waals surface area contributed by atoms with Gasteiger partial charge in [0.25, 0.3) is 0 Å². The van der Waals surface area contributed by atoms with Gasteiger partial charge in [0.1, 0.15) is 10.8 Å². The van der Waals surface area contributed by atoms with Crippen LogP contribution in [0.3, 0.4) is 0 Å². The van der Waals surface area contributed by atoms with Crippen LogP contribution in [0.4, 0.5) is 0 Å². The van der Waals surface area contributed by atoms with Gasteiger partial charge in [-0.15, -0.1) is 11.8 Å². The highest BCUT2D eigenvalue weighted by Crippen LogP contribution is 2.26. The molecule has 0 aliphatic heterocycles. The molecule has 1 heterocycles. The lowest BCUT2D eigenvalue weighted by Crippen LogP contribution is -2.09. The monoisotopic (exact) mass is 199 g/mol. The van der Waals surface area contributed by atoms with Gasteiger partial charge in [0.2, 0.25) is 0 Å². The van der Waals surface area contributed by atoms with Gasteiger partial charge in [-0.2, -0.15) is 0 Å². The van der Waals surface area contributed by atoms with Crippen LogP contribution in [0.2, 0.25) is 0 Å². The predicted molar refractivity (Wildman–Crippen MR) is 56.2 cm³/mol. The van der Waals surface area contributed by atoms with E-state index < -0.39 is 0 Å². The topological polar surface area (TPSA) is 26.0 Å². The van der Waals surface area contributed by atoms with Crippen LogP contribution in [-0.2, 0) is 5.41 Å². The van der Waals surface area contributed by atoms with Crippen LogP contribution in [0.1, 0.15) is 39.9 Å². The number of nitrogens with zero attached hydrogens (tertiary/aromatic N) is 1. The quantitative estimate of drug-likeness (QED) is 0.697. The third-order valence-corrected chi connectivity index (χ3v) is 2.78. The van der Waals surface area contributed by atoms with E-state index in [1.165, 1.54) is 6.42 Å². The molecule has 0 saturated carbocycles. The Morgan fingerprint density at radius 1 is 1.46 bits per heavy atom. The minimum absolute atomic E-state index is 0.0675. The van der Waals surface area contributed by atoms with Crippen molar-refractivity contribution in [2.24, 2.45) is 0 Å². The molecule has 0 radical (unpaired) electrons. The van der Waals surface area contributed by atoms with Gasteiger partial charge in [0.15, 0.2) is 0 Å². The number of hydrogen-bond acceptors (Lipinski definition) is 3. The molecule has 2 nitrogen and oxygen atoms in total. The van der Waals surface area contributed by atoms with Crippen LogP contribution in [0, 0.1) is 0 Å². The van der Waals surface area contributed by atoms with Crippen molar-refractivity contribution in [3.8, 4) is 0 Å². The highest BCUT2D eigenvalue weighted by Gasteiger charge is 2.19. The molecule has 0 fully saturated rings. The summed E-state index contributed by atoms with van der Waals surface area (Å²) in [6, 6.07) is 2.04. The maximum absolute atomic E-state index is 5.26. The van der Waals surface area contributed by atoms with Crippen LogP contribution < -0.4 is 0 Å². The molecule has 3 heteroatoms. The van der Waals surface area contributed by atoms with Gasteiger partial charge in [-0.3, -0.25) is 0 Å². The number of hydrogen-bond donors (Lipinski definition) is 0. The van der Waals surface area contributed by atoms with Crippen molar-refractivity contribution in [2.75, 3.05) is 5.75 Å². The molecule has 0 spiro atoms. The highest BCUT2D eigenvalue weighted by atomic mass is 32.2. The minimum atomic E-state index is 0.0675. The van der Waals surface area contributed by atoms with Gasteiger partial charge in [-0.05, 0) is 12.2 Å². The van der Waals surface area contributed by atoms with E-state index in [4.69, 9.17) is 4.52 Å². The van der Waals surface area contributed by atoms with Crippen molar-refractivity contribution in [1.82, 2.24) is 5.16 Å². The summed E-state index contributed by atoms with van der Waals surface area (Å²) in [7, 11) is 0. The second-order valence-corrected chi connectivity index (χ2v) is 5.24. The summed E-state index contributed by atoms with van der Waals surface area (Å²) in [5.41, 5.74) is 0.0675. The Labute approximate surface area is 84.1 Å². The average molecular weight is 199 g/mol. The van der Waals surface area contributed by atoms with E-state index >= 15 is 0 Å². The fourth-order valence-corrected chi connectivity index (χ4v) is 1.58. The van der Waals surface area contributed by atoms with Crippen LogP contribution in [0.25, 0.3) is 0 Å². The second kappa shape index (κ2) is 4.18. The van der Waals surface area contributed by atoms with Gasteiger partial charge in [0, 0.05) is 11.5 Å². The molecule has 0 saturated heterocycles. The average Bonchev–Trinajstić information content (AvgIpc) is 2.47. The van der Waals surface area contributed by atoms with Crippen LogP contribution in [-0.4, -0.2) is 10.9 Å². The SMILES string of the molecule is CCCSc1cc(C(C)(C)C)on1. The summed E-state index contributed by atoms with van der Waals surface area (Å²) in [5.74, 6) is 2.07. The molecule has 13 heavy (non-hydrogen) atoms. The molecular weight excluding hydrogens is 182 g/mol. The predicted octanol–water partition coefficient (Wildman–Crippen LogP) is 3.47. The summed E-state index contributed by atoms with van der Waals surface area (Å²) in [6.07, 6.45) is 1.17. The number of rotatable bonds is 3. The summed E-state index contributed by atoms with van der Waals surface area (Å²) >= 11 is 1.75. The lowest BCUT2D eigenvalue weighted by molar-refractivity contribution is 0.321. The molecule has 1 aromatic rings. The van der Waals surface area contributed by atoms with Crippen molar-refractivity contribution in [3.05, 3.63) is 11.8 Å². The van der Waals surface area contributed by atoms with Gasteiger partial charge in [-0.1, -0.05) is 32.9 Å². The van der Waals surface area contributed by atoms with E-state index in [1.807, 2.05) is 6.07 Å². The van der Waals surface area contributed by atoms with E-state index in [0.29, 0.717) is 0 Å². The van der Waals surface area contributed by atoms with Crippen LogP contribution >= 0.6 is 11.8 Å². The van der Waals surface area contributed by atoms with Crippen LogP contribution in [0.15, 0.2) is 15.6 Å². The van der Waals surface area contributed by atoms with Gasteiger partial charge < -0.3 is 4.52 Å². The van der Waals surface area contributed by atoms with Crippen LogP contribution in [0.5, 0.6) is 0 Å². The molecule has 1 aromatic heterocycles. The number of thioether (sulfide) groups is 1. The molecule has 0 atom stereocenters. The largest absolute Gasteiger partial charge is 0.360 e. The zero-order valence-corrected chi connectivity index (χ0v) is 9.57. The highest BCUT2D eigenvalue weighted by molar-refractivity contribution is 7.99. The summed E-state index contributed by atoms with van der Waals surface area (Å²) in [4.78, 5) is 0. The maximum atomic E-state index is 5.26. The normalized spacial score (nSPS) is 12.0. The number of aromatic nitrogens is 1. The maximum Gasteiger partial charge on any atom is 0.143 e. The fourth-order valence-electron chi connectivity index (χ4n) is 0.887. The summed E-state index contributed by atoms with van der Waals surface area (Å²) in [6.45, 7) is 8.54. The molecule has 0 bridgehead atoms. The first-order valence-electron chi connectivity index (χ1n) is 4.64. The van der Waals surface area contributed by atoms with Gasteiger partial charge >= 0.3 is 0 Å². The van der Waals surface area contributed by atoms with E-state index in [-0.39, 0.29) is 5.41 Å². The molecule has 0 unspecified atom stereocenters. The van der Waals surface area contributed by atoms with E-state index in [1.54, 1.807) is 11.8 Å². The molecule has 0 aliphatic carbocycles. The van der Waals surface area contributed by atoms with Crippen molar-refractivity contribution in [2.45, 2.75) is 44.6 Å². The first-order valence-corrected chi connectivity index (χ1v) is 5.62. The Bertz CT molecular complexity index is 262. The van der Waals surface area contributed by atoms with Crippen molar-refractivity contribution in [1.29, 1.82) is 0 Å². The zero-order valence-electron chi connectivity index (χ0n) is 8.76. The summed E-state index contributed by atoms with van der Waals surface area (Å²) in [5, 5.41) is 5.01. The molecule has 1 rings (SSSR count). The zero-order chi connectivity index (χ0) is 9.90. The molecule has 0 amide bonds. The van der Waals surface area contributed by atoms with E-state index in [9.17, 15) is 0 Å². The summed E-state index contributed by atoms with van der Waals surface area (Å²) < 4.78 is 5.26. The van der Waals surface area contributed by atoms with Gasteiger partial charge in [0.05, 0.1) is 0 Å².